The molecular formula is C15H32N2S. The fourth-order valence-corrected chi connectivity index (χ4v) is 4.38. The second-order valence-corrected chi connectivity index (χ2v) is 7.52. The molecule has 0 aromatic carbocycles. The van der Waals surface area contributed by atoms with Crippen LogP contribution in [0.5, 0.6) is 0 Å². The lowest BCUT2D eigenvalue weighted by Gasteiger charge is -2.32. The van der Waals surface area contributed by atoms with E-state index in [9.17, 15) is 0 Å². The molecule has 1 fully saturated rings. The number of hydrazine groups is 1. The van der Waals surface area contributed by atoms with Crippen LogP contribution in [0.1, 0.15) is 78.1 Å². The van der Waals surface area contributed by atoms with Crippen molar-refractivity contribution in [3.8, 4) is 0 Å². The van der Waals surface area contributed by atoms with Gasteiger partial charge >= 0.3 is 0 Å². The molecule has 0 bridgehead atoms. The second kappa shape index (κ2) is 9.22. The van der Waals surface area contributed by atoms with Gasteiger partial charge in [-0.05, 0) is 31.9 Å². The molecule has 18 heavy (non-hydrogen) atoms. The number of rotatable bonds is 10. The summed E-state index contributed by atoms with van der Waals surface area (Å²) in [7, 11) is 0. The maximum Gasteiger partial charge on any atom is 0.0354 e. The van der Waals surface area contributed by atoms with Crippen molar-refractivity contribution in [3.05, 3.63) is 0 Å². The van der Waals surface area contributed by atoms with Crippen LogP contribution in [0.15, 0.2) is 0 Å². The van der Waals surface area contributed by atoms with Gasteiger partial charge in [0.2, 0.25) is 0 Å². The minimum absolute atomic E-state index is 0.386. The summed E-state index contributed by atoms with van der Waals surface area (Å²) in [6.07, 6.45) is 13.6. The van der Waals surface area contributed by atoms with Crippen LogP contribution in [-0.2, 0) is 0 Å². The van der Waals surface area contributed by atoms with E-state index >= 15 is 0 Å². The van der Waals surface area contributed by atoms with E-state index in [-0.39, 0.29) is 0 Å². The first-order valence-corrected chi connectivity index (χ1v) is 8.81. The average Bonchev–Trinajstić information content (AvgIpc) is 2.80. The van der Waals surface area contributed by atoms with Gasteiger partial charge in [-0.25, -0.2) is 0 Å². The van der Waals surface area contributed by atoms with E-state index in [1.54, 1.807) is 0 Å². The Morgan fingerprint density at radius 2 is 1.83 bits per heavy atom. The van der Waals surface area contributed by atoms with Gasteiger partial charge in [0, 0.05) is 10.8 Å². The highest BCUT2D eigenvalue weighted by Crippen LogP contribution is 2.41. The molecule has 1 aliphatic rings. The van der Waals surface area contributed by atoms with Crippen molar-refractivity contribution in [1.82, 2.24) is 5.43 Å². The fraction of sp³-hybridized carbons (Fsp3) is 1.00. The van der Waals surface area contributed by atoms with Crippen LogP contribution in [0, 0.1) is 0 Å². The molecule has 1 saturated heterocycles. The number of nitrogens with two attached hydrogens (primary N) is 1. The minimum Gasteiger partial charge on any atom is -0.271 e. The highest BCUT2D eigenvalue weighted by molar-refractivity contribution is 8.00. The van der Waals surface area contributed by atoms with Crippen LogP contribution in [0.3, 0.4) is 0 Å². The molecule has 1 heterocycles. The Morgan fingerprint density at radius 1 is 1.17 bits per heavy atom. The largest absolute Gasteiger partial charge is 0.271 e. The average molecular weight is 273 g/mol. The van der Waals surface area contributed by atoms with E-state index in [1.165, 1.54) is 70.0 Å². The number of hydrogen-bond donors (Lipinski definition) is 2. The van der Waals surface area contributed by atoms with Crippen molar-refractivity contribution in [2.24, 2.45) is 5.84 Å². The first-order chi connectivity index (χ1) is 8.73. The first kappa shape index (κ1) is 16.3. The summed E-state index contributed by atoms with van der Waals surface area (Å²) < 4.78 is 0.386. The molecule has 108 valence electrons. The Kier molecular flexibility index (Phi) is 8.36. The molecule has 2 nitrogen and oxygen atoms in total. The number of nitrogens with one attached hydrogen (secondary N) is 1. The van der Waals surface area contributed by atoms with Crippen LogP contribution in [-0.4, -0.2) is 16.5 Å². The number of unbranched alkanes of at least 4 members (excludes halogenated alkanes) is 6. The zero-order valence-electron chi connectivity index (χ0n) is 12.3. The van der Waals surface area contributed by atoms with E-state index in [0.717, 1.165) is 0 Å². The maximum absolute atomic E-state index is 5.75. The van der Waals surface area contributed by atoms with Crippen LogP contribution in [0.4, 0.5) is 0 Å². The number of thioether (sulfide) groups is 1. The van der Waals surface area contributed by atoms with Gasteiger partial charge in [0.1, 0.15) is 0 Å². The van der Waals surface area contributed by atoms with Gasteiger partial charge in [0.25, 0.3) is 0 Å². The number of hydrogen-bond acceptors (Lipinski definition) is 3. The van der Waals surface area contributed by atoms with Gasteiger partial charge in [0.15, 0.2) is 0 Å². The normalized spacial score (nSPS) is 25.5. The van der Waals surface area contributed by atoms with Crippen molar-refractivity contribution in [2.75, 3.05) is 5.75 Å². The lowest BCUT2D eigenvalue weighted by atomic mass is 9.92. The lowest BCUT2D eigenvalue weighted by molar-refractivity contribution is 0.372. The SMILES string of the molecule is CCCCCCCCCC(NN)C1(C)CCCS1. The predicted molar refractivity (Wildman–Crippen MR) is 83.8 cm³/mol. The third kappa shape index (κ3) is 5.50. The summed E-state index contributed by atoms with van der Waals surface area (Å²) in [5.74, 6) is 7.07. The molecule has 0 amide bonds. The van der Waals surface area contributed by atoms with E-state index in [2.05, 4.69) is 31.0 Å². The first-order valence-electron chi connectivity index (χ1n) is 7.83. The highest BCUT2D eigenvalue weighted by Gasteiger charge is 2.36. The van der Waals surface area contributed by atoms with Gasteiger partial charge < -0.3 is 0 Å². The molecule has 0 aliphatic carbocycles. The third-order valence-corrected chi connectivity index (χ3v) is 5.92. The Morgan fingerprint density at radius 3 is 2.39 bits per heavy atom. The Labute approximate surface area is 118 Å². The molecule has 0 radical (unpaired) electrons. The van der Waals surface area contributed by atoms with Crippen LogP contribution in [0.2, 0.25) is 0 Å². The molecule has 2 unspecified atom stereocenters. The lowest BCUT2D eigenvalue weighted by Crippen LogP contribution is -2.48. The van der Waals surface area contributed by atoms with Crippen LogP contribution >= 0.6 is 11.8 Å². The van der Waals surface area contributed by atoms with Crippen molar-refractivity contribution >= 4 is 11.8 Å². The molecule has 0 aromatic heterocycles. The summed E-state index contributed by atoms with van der Waals surface area (Å²) in [5, 5.41) is 0. The summed E-state index contributed by atoms with van der Waals surface area (Å²) in [4.78, 5) is 0. The zero-order chi connectivity index (χ0) is 13.3. The summed E-state index contributed by atoms with van der Waals surface area (Å²) in [6, 6.07) is 0.501. The van der Waals surface area contributed by atoms with Crippen molar-refractivity contribution in [2.45, 2.75) is 88.8 Å². The Balaban J connectivity index is 2.08. The van der Waals surface area contributed by atoms with E-state index < -0.39 is 0 Å². The molecular weight excluding hydrogens is 240 g/mol. The smallest absolute Gasteiger partial charge is 0.0354 e. The van der Waals surface area contributed by atoms with Gasteiger partial charge in [-0.3, -0.25) is 11.3 Å². The predicted octanol–water partition coefficient (Wildman–Crippen LogP) is 4.24. The van der Waals surface area contributed by atoms with Crippen LogP contribution in [0.25, 0.3) is 0 Å². The molecule has 0 aromatic rings. The molecule has 3 N–H and O–H groups in total. The zero-order valence-corrected chi connectivity index (χ0v) is 13.2. The Hall–Kier alpha value is 0.270. The topological polar surface area (TPSA) is 38.0 Å². The van der Waals surface area contributed by atoms with Gasteiger partial charge in [-0.15, -0.1) is 0 Å². The van der Waals surface area contributed by atoms with E-state index in [1.807, 2.05) is 0 Å². The standard InChI is InChI=1S/C15H32N2S/c1-3-4-5-6-7-8-9-11-14(17-16)15(2)12-10-13-18-15/h14,17H,3-13,16H2,1-2H3. The second-order valence-electron chi connectivity index (χ2n) is 5.89. The molecule has 1 rings (SSSR count). The molecule has 0 spiro atoms. The maximum atomic E-state index is 5.75. The van der Waals surface area contributed by atoms with Crippen molar-refractivity contribution < 1.29 is 0 Å². The molecule has 0 saturated carbocycles. The van der Waals surface area contributed by atoms with E-state index in [0.29, 0.717) is 10.8 Å². The fourth-order valence-electron chi connectivity index (χ4n) is 2.95. The highest BCUT2D eigenvalue weighted by atomic mass is 32.2. The molecule has 3 heteroatoms. The van der Waals surface area contributed by atoms with Crippen molar-refractivity contribution in [3.63, 3.8) is 0 Å². The minimum atomic E-state index is 0.386. The third-order valence-electron chi connectivity index (χ3n) is 4.28. The van der Waals surface area contributed by atoms with Crippen LogP contribution < -0.4 is 11.3 Å². The summed E-state index contributed by atoms with van der Waals surface area (Å²) >= 11 is 2.11. The monoisotopic (exact) mass is 272 g/mol. The van der Waals surface area contributed by atoms with Gasteiger partial charge in [0.05, 0.1) is 0 Å². The van der Waals surface area contributed by atoms with Gasteiger partial charge in [-0.2, -0.15) is 11.8 Å². The quantitative estimate of drug-likeness (QED) is 0.355. The van der Waals surface area contributed by atoms with E-state index in [4.69, 9.17) is 5.84 Å². The summed E-state index contributed by atoms with van der Waals surface area (Å²) in [6.45, 7) is 4.66. The summed E-state index contributed by atoms with van der Waals surface area (Å²) in [5.41, 5.74) is 3.07. The van der Waals surface area contributed by atoms with Gasteiger partial charge in [-0.1, -0.05) is 51.9 Å². The molecule has 1 aliphatic heterocycles. The Bertz CT molecular complexity index is 203. The molecule has 2 atom stereocenters. The van der Waals surface area contributed by atoms with Crippen molar-refractivity contribution in [1.29, 1.82) is 0 Å².